The van der Waals surface area contributed by atoms with Crippen LogP contribution in [-0.2, 0) is 22.8 Å². The van der Waals surface area contributed by atoms with Gasteiger partial charge in [0.25, 0.3) is 0 Å². The van der Waals surface area contributed by atoms with Gasteiger partial charge in [0.1, 0.15) is 9.97 Å². The lowest BCUT2D eigenvalue weighted by Gasteiger charge is -2.11. The Balaban J connectivity index is 0.00000169. The van der Waals surface area contributed by atoms with Gasteiger partial charge in [0.05, 0.1) is 12.0 Å². The van der Waals surface area contributed by atoms with E-state index in [0.29, 0.717) is 22.1 Å². The summed E-state index contributed by atoms with van der Waals surface area (Å²) in [7, 11) is -2.02. The van der Waals surface area contributed by atoms with Crippen LogP contribution in [0.4, 0.5) is 0 Å². The van der Waals surface area contributed by atoms with E-state index < -0.39 is 9.84 Å². The average molecular weight is 386 g/mol. The SMILES string of the molecule is COc1cc(S(=O)(=O)c2cccs2)cc2c3c(oc12)CCNC3.Cl. The average Bonchev–Trinajstić information content (AvgIpc) is 3.22. The van der Waals surface area contributed by atoms with Gasteiger partial charge in [-0.1, -0.05) is 6.07 Å². The molecule has 0 atom stereocenters. The first-order valence-electron chi connectivity index (χ1n) is 7.23. The quantitative estimate of drug-likeness (QED) is 0.748. The smallest absolute Gasteiger partial charge is 0.216 e. The van der Waals surface area contributed by atoms with E-state index in [1.807, 2.05) is 0 Å². The number of halogens is 1. The molecule has 0 aliphatic carbocycles. The van der Waals surface area contributed by atoms with Crippen LogP contribution in [0.1, 0.15) is 11.3 Å². The van der Waals surface area contributed by atoms with Crippen molar-refractivity contribution in [2.24, 2.45) is 0 Å². The minimum absolute atomic E-state index is 0. The zero-order chi connectivity index (χ0) is 16.0. The van der Waals surface area contributed by atoms with E-state index in [-0.39, 0.29) is 17.3 Å². The molecule has 3 heterocycles. The summed E-state index contributed by atoms with van der Waals surface area (Å²) in [5.41, 5.74) is 1.64. The zero-order valence-corrected chi connectivity index (χ0v) is 15.3. The number of benzene rings is 1. The highest BCUT2D eigenvalue weighted by Gasteiger charge is 2.25. The first-order valence-corrected chi connectivity index (χ1v) is 9.59. The number of hydrogen-bond donors (Lipinski definition) is 1. The third-order valence-electron chi connectivity index (χ3n) is 4.04. The number of sulfone groups is 1. The Morgan fingerprint density at radius 1 is 1.33 bits per heavy atom. The Morgan fingerprint density at radius 3 is 2.88 bits per heavy atom. The predicted molar refractivity (Wildman–Crippen MR) is 95.2 cm³/mol. The lowest BCUT2D eigenvalue weighted by molar-refractivity contribution is 0.404. The number of furan rings is 1. The molecule has 128 valence electrons. The van der Waals surface area contributed by atoms with Gasteiger partial charge in [-0.2, -0.15) is 0 Å². The molecule has 1 N–H and O–H groups in total. The van der Waals surface area contributed by atoms with Crippen LogP contribution in [0.5, 0.6) is 5.75 Å². The van der Waals surface area contributed by atoms with Crippen LogP contribution in [0, 0.1) is 0 Å². The zero-order valence-electron chi connectivity index (χ0n) is 12.9. The maximum atomic E-state index is 12.8. The summed E-state index contributed by atoms with van der Waals surface area (Å²) < 4.78 is 37.2. The number of methoxy groups -OCH3 is 1. The Bertz CT molecular complexity index is 977. The molecule has 0 radical (unpaired) electrons. The van der Waals surface area contributed by atoms with Gasteiger partial charge in [-0.05, 0) is 17.5 Å². The maximum absolute atomic E-state index is 12.8. The molecule has 0 fully saturated rings. The molecule has 1 aliphatic heterocycles. The van der Waals surface area contributed by atoms with E-state index in [4.69, 9.17) is 9.15 Å². The van der Waals surface area contributed by atoms with Crippen molar-refractivity contribution in [1.29, 1.82) is 0 Å². The van der Waals surface area contributed by atoms with Crippen molar-refractivity contribution >= 4 is 44.6 Å². The third kappa shape index (κ3) is 2.61. The van der Waals surface area contributed by atoms with Crippen LogP contribution in [-0.4, -0.2) is 22.1 Å². The minimum atomic E-state index is -3.55. The first kappa shape index (κ1) is 17.3. The van der Waals surface area contributed by atoms with E-state index >= 15 is 0 Å². The molecule has 0 amide bonds. The van der Waals surface area contributed by atoms with Crippen LogP contribution < -0.4 is 10.1 Å². The molecule has 3 aromatic rings. The second-order valence-electron chi connectivity index (χ2n) is 5.37. The molecule has 4 rings (SSSR count). The van der Waals surface area contributed by atoms with Gasteiger partial charge in [0.2, 0.25) is 9.84 Å². The normalized spacial score (nSPS) is 14.2. The van der Waals surface area contributed by atoms with Gasteiger partial charge in [-0.25, -0.2) is 8.42 Å². The van der Waals surface area contributed by atoms with E-state index in [2.05, 4.69) is 5.32 Å². The van der Waals surface area contributed by atoms with Crippen LogP contribution in [0.15, 0.2) is 43.2 Å². The van der Waals surface area contributed by atoms with Crippen molar-refractivity contribution in [3.8, 4) is 5.75 Å². The summed E-state index contributed by atoms with van der Waals surface area (Å²) in [6.07, 6.45) is 0.792. The van der Waals surface area contributed by atoms with Gasteiger partial charge >= 0.3 is 0 Å². The number of fused-ring (bicyclic) bond motifs is 3. The Kier molecular flexibility index (Phi) is 4.61. The first-order chi connectivity index (χ1) is 11.1. The fourth-order valence-corrected chi connectivity index (χ4v) is 5.33. The highest BCUT2D eigenvalue weighted by molar-refractivity contribution is 7.93. The van der Waals surface area contributed by atoms with E-state index in [9.17, 15) is 8.42 Å². The van der Waals surface area contributed by atoms with Crippen molar-refractivity contribution in [3.05, 3.63) is 41.0 Å². The van der Waals surface area contributed by atoms with Gasteiger partial charge in [0.15, 0.2) is 11.3 Å². The molecule has 0 spiro atoms. The molecule has 0 unspecified atom stereocenters. The lowest BCUT2D eigenvalue weighted by Crippen LogP contribution is -2.22. The van der Waals surface area contributed by atoms with Crippen molar-refractivity contribution in [2.45, 2.75) is 22.1 Å². The lowest BCUT2D eigenvalue weighted by atomic mass is 10.1. The topological polar surface area (TPSA) is 68.5 Å². The van der Waals surface area contributed by atoms with Crippen LogP contribution in [0.2, 0.25) is 0 Å². The number of thiophene rings is 1. The number of hydrogen-bond acceptors (Lipinski definition) is 6. The van der Waals surface area contributed by atoms with Crippen molar-refractivity contribution < 1.29 is 17.6 Å². The minimum Gasteiger partial charge on any atom is -0.493 e. The molecule has 8 heteroatoms. The number of rotatable bonds is 3. The molecule has 0 saturated carbocycles. The molecular weight excluding hydrogens is 370 g/mol. The summed E-state index contributed by atoms with van der Waals surface area (Å²) in [5, 5.41) is 5.86. The molecule has 1 aromatic carbocycles. The summed E-state index contributed by atoms with van der Waals surface area (Å²) in [5.74, 6) is 1.36. The molecule has 1 aliphatic rings. The summed E-state index contributed by atoms with van der Waals surface area (Å²) in [6.45, 7) is 1.53. The molecule has 0 bridgehead atoms. The summed E-state index contributed by atoms with van der Waals surface area (Å²) in [4.78, 5) is 0.235. The summed E-state index contributed by atoms with van der Waals surface area (Å²) >= 11 is 1.21. The van der Waals surface area contributed by atoms with Crippen LogP contribution in [0.3, 0.4) is 0 Å². The Morgan fingerprint density at radius 2 is 2.17 bits per heavy atom. The van der Waals surface area contributed by atoms with Crippen LogP contribution >= 0.6 is 23.7 Å². The fourth-order valence-electron chi connectivity index (χ4n) is 2.89. The highest BCUT2D eigenvalue weighted by Crippen LogP contribution is 2.38. The highest BCUT2D eigenvalue weighted by atomic mass is 35.5. The molecule has 24 heavy (non-hydrogen) atoms. The van der Waals surface area contributed by atoms with Gasteiger partial charge < -0.3 is 14.5 Å². The Hall–Kier alpha value is -1.54. The maximum Gasteiger partial charge on any atom is 0.216 e. The number of ether oxygens (including phenoxy) is 1. The van der Waals surface area contributed by atoms with E-state index in [0.717, 1.165) is 29.7 Å². The fraction of sp³-hybridized carbons (Fsp3) is 0.250. The predicted octanol–water partition coefficient (Wildman–Crippen LogP) is 3.40. The van der Waals surface area contributed by atoms with Gasteiger partial charge in [-0.15, -0.1) is 23.7 Å². The van der Waals surface area contributed by atoms with Crippen molar-refractivity contribution in [2.75, 3.05) is 13.7 Å². The monoisotopic (exact) mass is 385 g/mol. The van der Waals surface area contributed by atoms with Crippen LogP contribution in [0.25, 0.3) is 11.0 Å². The molecule has 0 saturated heterocycles. The van der Waals surface area contributed by atoms with E-state index in [1.54, 1.807) is 29.6 Å². The van der Waals surface area contributed by atoms with Crippen molar-refractivity contribution in [1.82, 2.24) is 5.32 Å². The third-order valence-corrected chi connectivity index (χ3v) is 7.17. The van der Waals surface area contributed by atoms with Crippen molar-refractivity contribution in [3.63, 3.8) is 0 Å². The Labute approximate surface area is 150 Å². The molecule has 2 aromatic heterocycles. The van der Waals surface area contributed by atoms with Gasteiger partial charge in [-0.3, -0.25) is 0 Å². The standard InChI is InChI=1S/C16H15NO4S2.ClH/c1-20-14-8-10(23(18,19)15-3-2-6-22-15)7-11-12-9-17-5-4-13(12)21-16(11)14;/h2-3,6-8,17H,4-5,9H2,1H3;1H. The van der Waals surface area contributed by atoms with Gasteiger partial charge in [0, 0.05) is 36.5 Å². The summed E-state index contributed by atoms with van der Waals surface area (Å²) in [6, 6.07) is 6.59. The number of nitrogens with one attached hydrogen (secondary N) is 1. The second kappa shape index (κ2) is 6.40. The molecule has 5 nitrogen and oxygen atoms in total. The van der Waals surface area contributed by atoms with E-state index in [1.165, 1.54) is 18.4 Å². The largest absolute Gasteiger partial charge is 0.493 e. The molecular formula is C16H16ClNO4S2. The second-order valence-corrected chi connectivity index (χ2v) is 8.49.